The third-order valence-electron chi connectivity index (χ3n) is 2.48. The van der Waals surface area contributed by atoms with Gasteiger partial charge in [-0.25, -0.2) is 4.98 Å². The molecular formula is C9H11ClN5O5P. The average molecular weight is 336 g/mol. The molecule has 0 aliphatic rings. The lowest BCUT2D eigenvalue weighted by Gasteiger charge is -2.10. The third kappa shape index (κ3) is 3.42. The zero-order valence-electron chi connectivity index (χ0n) is 10.4. The van der Waals surface area contributed by atoms with Crippen molar-refractivity contribution < 1.29 is 19.2 Å². The van der Waals surface area contributed by atoms with Crippen molar-refractivity contribution in [2.24, 2.45) is 0 Å². The van der Waals surface area contributed by atoms with Crippen LogP contribution in [-0.2, 0) is 4.57 Å². The van der Waals surface area contributed by atoms with Crippen LogP contribution in [0.25, 0.3) is 11.2 Å². The molecule has 114 valence electrons. The Balaban J connectivity index is 2.15. The predicted octanol–water partition coefficient (Wildman–Crippen LogP) is -0.222. The molecule has 0 aromatic carbocycles. The summed E-state index contributed by atoms with van der Waals surface area (Å²) in [6, 6.07) is 0. The Bertz CT molecular complexity index is 793. The molecule has 5 N–H and O–H groups in total. The number of halogens is 1. The van der Waals surface area contributed by atoms with Crippen LogP contribution in [0.1, 0.15) is 6.42 Å². The lowest BCUT2D eigenvalue weighted by atomic mass is 10.4. The first-order valence-corrected chi connectivity index (χ1v) is 7.59. The standard InChI is InChI=1S/C9H11ClN5O5P/c10-3-5(21(17,18)19)1-2-20-15-4-12-6-7(15)13-9(11)14-8(6)16/h3-4H,1-2H2,(H2,17,18,19)(H3,11,13,14,16)/b5-3-. The number of imidazole rings is 1. The van der Waals surface area contributed by atoms with Crippen LogP contribution in [-0.4, -0.2) is 36.1 Å². The molecule has 0 aliphatic heterocycles. The van der Waals surface area contributed by atoms with Crippen molar-refractivity contribution in [2.75, 3.05) is 12.3 Å². The van der Waals surface area contributed by atoms with E-state index >= 15 is 0 Å². The molecule has 0 saturated heterocycles. The molecule has 2 aromatic heterocycles. The fourth-order valence-corrected chi connectivity index (χ4v) is 2.51. The van der Waals surface area contributed by atoms with Crippen molar-refractivity contribution in [1.82, 2.24) is 19.7 Å². The van der Waals surface area contributed by atoms with Gasteiger partial charge in [0.2, 0.25) is 11.6 Å². The minimum absolute atomic E-state index is 0.0345. The highest BCUT2D eigenvalue weighted by Crippen LogP contribution is 2.46. The van der Waals surface area contributed by atoms with Crippen molar-refractivity contribution in [1.29, 1.82) is 0 Å². The van der Waals surface area contributed by atoms with Gasteiger partial charge >= 0.3 is 7.60 Å². The van der Waals surface area contributed by atoms with E-state index in [2.05, 4.69) is 15.0 Å². The molecule has 0 amide bonds. The van der Waals surface area contributed by atoms with Gasteiger partial charge in [0.25, 0.3) is 5.56 Å². The topological polar surface area (TPSA) is 156 Å². The minimum Gasteiger partial charge on any atom is -0.410 e. The summed E-state index contributed by atoms with van der Waals surface area (Å²) in [6.45, 7) is -0.108. The van der Waals surface area contributed by atoms with E-state index in [-0.39, 0.29) is 35.5 Å². The van der Waals surface area contributed by atoms with Gasteiger partial charge in [0.15, 0.2) is 5.52 Å². The summed E-state index contributed by atoms with van der Waals surface area (Å²) in [5, 5.41) is -0.265. The monoisotopic (exact) mass is 335 g/mol. The highest BCUT2D eigenvalue weighted by Gasteiger charge is 2.20. The number of aromatic nitrogens is 4. The van der Waals surface area contributed by atoms with Gasteiger partial charge in [-0.2, -0.15) is 9.71 Å². The van der Waals surface area contributed by atoms with Gasteiger partial charge in [-0.3, -0.25) is 14.3 Å². The third-order valence-corrected chi connectivity index (χ3v) is 4.00. The average Bonchev–Trinajstić information content (AvgIpc) is 2.76. The second-order valence-corrected chi connectivity index (χ2v) is 5.80. The zero-order valence-corrected chi connectivity index (χ0v) is 12.1. The van der Waals surface area contributed by atoms with Crippen molar-refractivity contribution in [3.8, 4) is 0 Å². The normalized spacial score (nSPS) is 12.8. The smallest absolute Gasteiger partial charge is 0.353 e. The number of nitrogens with two attached hydrogens (primary N) is 1. The van der Waals surface area contributed by atoms with Crippen LogP contribution in [0, 0.1) is 0 Å². The molecule has 0 atom stereocenters. The number of H-pyrrole nitrogens is 1. The first-order valence-electron chi connectivity index (χ1n) is 5.54. The molecule has 0 radical (unpaired) electrons. The molecule has 0 spiro atoms. The summed E-state index contributed by atoms with van der Waals surface area (Å²) in [4.78, 5) is 44.7. The van der Waals surface area contributed by atoms with Crippen molar-refractivity contribution in [3.05, 3.63) is 27.5 Å². The van der Waals surface area contributed by atoms with Crippen molar-refractivity contribution in [3.63, 3.8) is 0 Å². The van der Waals surface area contributed by atoms with Gasteiger partial charge in [0.1, 0.15) is 12.9 Å². The number of nitrogens with one attached hydrogen (secondary N) is 1. The highest BCUT2D eigenvalue weighted by atomic mass is 35.5. The van der Waals surface area contributed by atoms with Gasteiger partial charge in [-0.15, -0.1) is 0 Å². The molecular weight excluding hydrogens is 325 g/mol. The summed E-state index contributed by atoms with van der Waals surface area (Å²) in [6.07, 6.45) is 1.10. The second kappa shape index (κ2) is 5.86. The van der Waals surface area contributed by atoms with Gasteiger partial charge in [-0.1, -0.05) is 11.6 Å². The van der Waals surface area contributed by atoms with E-state index in [0.717, 1.165) is 10.3 Å². The number of nitrogens with zero attached hydrogens (tertiary/aromatic N) is 3. The molecule has 12 heteroatoms. The molecule has 0 unspecified atom stereocenters. The molecule has 21 heavy (non-hydrogen) atoms. The molecule has 2 aromatic rings. The van der Waals surface area contributed by atoms with E-state index in [1.54, 1.807) is 0 Å². The number of hydrogen-bond donors (Lipinski definition) is 4. The van der Waals surface area contributed by atoms with Crippen LogP contribution in [0.2, 0.25) is 0 Å². The molecule has 0 saturated carbocycles. The number of anilines is 1. The van der Waals surface area contributed by atoms with E-state index in [1.165, 1.54) is 6.33 Å². The van der Waals surface area contributed by atoms with Crippen LogP contribution in [0.15, 0.2) is 22.0 Å². The van der Waals surface area contributed by atoms with Gasteiger partial charge < -0.3 is 20.4 Å². The second-order valence-electron chi connectivity index (χ2n) is 3.92. The summed E-state index contributed by atoms with van der Waals surface area (Å²) in [7, 11) is -4.41. The minimum atomic E-state index is -4.41. The number of fused-ring (bicyclic) bond motifs is 1. The molecule has 0 fully saturated rings. The maximum absolute atomic E-state index is 11.5. The van der Waals surface area contributed by atoms with E-state index in [9.17, 15) is 9.36 Å². The number of hydrogen-bond acceptors (Lipinski definition) is 6. The first kappa shape index (κ1) is 15.5. The lowest BCUT2D eigenvalue weighted by Crippen LogP contribution is -2.16. The van der Waals surface area contributed by atoms with Crippen molar-refractivity contribution in [2.45, 2.75) is 6.42 Å². The molecule has 2 rings (SSSR count). The molecule has 0 aliphatic carbocycles. The zero-order chi connectivity index (χ0) is 15.6. The van der Waals surface area contributed by atoms with E-state index in [1.807, 2.05) is 0 Å². The summed E-state index contributed by atoms with van der Waals surface area (Å²) >= 11 is 5.35. The quantitative estimate of drug-likeness (QED) is 0.546. The Morgan fingerprint density at radius 1 is 1.62 bits per heavy atom. The van der Waals surface area contributed by atoms with E-state index in [0.29, 0.717) is 0 Å². The van der Waals surface area contributed by atoms with Gasteiger partial charge in [-0.05, 0) is 0 Å². The largest absolute Gasteiger partial charge is 0.410 e. The molecule has 0 bridgehead atoms. The summed E-state index contributed by atoms with van der Waals surface area (Å²) in [5.41, 5.74) is 5.85. The van der Waals surface area contributed by atoms with Gasteiger partial charge in [0.05, 0.1) is 5.31 Å². The number of aromatic amines is 1. The Hall–Kier alpha value is -1.87. The lowest BCUT2D eigenvalue weighted by molar-refractivity contribution is 0.120. The maximum atomic E-state index is 11.5. The van der Waals surface area contributed by atoms with E-state index < -0.39 is 13.2 Å². The van der Waals surface area contributed by atoms with Crippen molar-refractivity contribution >= 4 is 36.3 Å². The fraction of sp³-hybridized carbons (Fsp3) is 0.222. The summed E-state index contributed by atoms with van der Waals surface area (Å²) in [5.74, 6) is -0.102. The van der Waals surface area contributed by atoms with Crippen LogP contribution >= 0.6 is 19.2 Å². The fourth-order valence-electron chi connectivity index (χ4n) is 1.51. The Morgan fingerprint density at radius 3 is 2.95 bits per heavy atom. The Morgan fingerprint density at radius 2 is 2.33 bits per heavy atom. The Labute approximate surface area is 122 Å². The summed E-state index contributed by atoms with van der Waals surface area (Å²) < 4.78 is 12.1. The molecule has 10 nitrogen and oxygen atoms in total. The SMILES string of the molecule is Nc1nc2c(ncn2OCC/C(=C/Cl)P(=O)(O)O)c(=O)[nH]1. The van der Waals surface area contributed by atoms with Crippen LogP contribution in [0.5, 0.6) is 0 Å². The van der Waals surface area contributed by atoms with Gasteiger partial charge in [0, 0.05) is 12.0 Å². The van der Waals surface area contributed by atoms with E-state index in [4.69, 9.17) is 32.0 Å². The molecule has 2 heterocycles. The number of rotatable bonds is 5. The maximum Gasteiger partial charge on any atom is 0.353 e. The highest BCUT2D eigenvalue weighted by molar-refractivity contribution is 7.56. The Kier molecular flexibility index (Phi) is 4.33. The first-order chi connectivity index (χ1) is 9.82. The van der Waals surface area contributed by atoms with Crippen LogP contribution < -0.4 is 16.1 Å². The van der Waals surface area contributed by atoms with Crippen LogP contribution in [0.4, 0.5) is 5.95 Å². The number of nitrogen functional groups attached to an aromatic ring is 1. The van der Waals surface area contributed by atoms with Crippen LogP contribution in [0.3, 0.4) is 0 Å². The predicted molar refractivity (Wildman–Crippen MR) is 74.6 cm³/mol.